The number of nitrogens with zero attached hydrogens (tertiary/aromatic N) is 1. The summed E-state index contributed by atoms with van der Waals surface area (Å²) in [5.41, 5.74) is 0.102. The summed E-state index contributed by atoms with van der Waals surface area (Å²) >= 11 is 0. The maximum atomic E-state index is 13.6. The van der Waals surface area contributed by atoms with E-state index >= 15 is 0 Å². The van der Waals surface area contributed by atoms with Crippen molar-refractivity contribution in [1.29, 1.82) is 0 Å². The van der Waals surface area contributed by atoms with Gasteiger partial charge in [-0.15, -0.1) is 0 Å². The third kappa shape index (κ3) is 2.64. The number of fused-ring (bicyclic) bond motifs is 1. The SMILES string of the molecule is CC(C)(C)NC(=O)c1ccc2cccc(F)c2n1. The molecule has 1 aromatic carbocycles. The van der Waals surface area contributed by atoms with Crippen molar-refractivity contribution >= 4 is 16.8 Å². The number of hydrogen-bond donors (Lipinski definition) is 1. The van der Waals surface area contributed by atoms with E-state index < -0.39 is 5.82 Å². The molecule has 4 heteroatoms. The number of hydrogen-bond acceptors (Lipinski definition) is 2. The van der Waals surface area contributed by atoms with Crippen molar-refractivity contribution in [3.63, 3.8) is 0 Å². The van der Waals surface area contributed by atoms with Crippen LogP contribution in [0.5, 0.6) is 0 Å². The zero-order valence-electron chi connectivity index (χ0n) is 10.6. The topological polar surface area (TPSA) is 42.0 Å². The van der Waals surface area contributed by atoms with Crippen LogP contribution in [0.15, 0.2) is 30.3 Å². The highest BCUT2D eigenvalue weighted by molar-refractivity contribution is 5.95. The molecule has 1 N–H and O–H groups in total. The lowest BCUT2D eigenvalue weighted by Gasteiger charge is -2.20. The standard InChI is InChI=1S/C14H15FN2O/c1-14(2,3)17-13(18)11-8-7-9-5-4-6-10(15)12(9)16-11/h4-8H,1-3H3,(H,17,18). The van der Waals surface area contributed by atoms with Gasteiger partial charge >= 0.3 is 0 Å². The lowest BCUT2D eigenvalue weighted by molar-refractivity contribution is 0.0915. The first-order chi connectivity index (χ1) is 8.37. The Morgan fingerprint density at radius 1 is 1.22 bits per heavy atom. The average molecular weight is 246 g/mol. The van der Waals surface area contributed by atoms with Crippen molar-refractivity contribution in [2.24, 2.45) is 0 Å². The van der Waals surface area contributed by atoms with E-state index in [1.54, 1.807) is 24.3 Å². The second-order valence-electron chi connectivity index (χ2n) is 5.21. The van der Waals surface area contributed by atoms with E-state index in [1.165, 1.54) is 6.07 Å². The summed E-state index contributed by atoms with van der Waals surface area (Å²) in [6, 6.07) is 8.01. The van der Waals surface area contributed by atoms with Crippen molar-refractivity contribution in [2.75, 3.05) is 0 Å². The van der Waals surface area contributed by atoms with Gasteiger partial charge in [-0.05, 0) is 32.9 Å². The van der Waals surface area contributed by atoms with Gasteiger partial charge in [0, 0.05) is 10.9 Å². The minimum atomic E-state index is -0.419. The van der Waals surface area contributed by atoms with Crippen LogP contribution in [0.1, 0.15) is 31.3 Å². The van der Waals surface area contributed by atoms with Crippen molar-refractivity contribution in [3.05, 3.63) is 41.8 Å². The minimum Gasteiger partial charge on any atom is -0.346 e. The van der Waals surface area contributed by atoms with Gasteiger partial charge in [0.1, 0.15) is 17.0 Å². The molecule has 0 unspecified atom stereocenters. The fourth-order valence-corrected chi connectivity index (χ4v) is 1.64. The summed E-state index contributed by atoms with van der Waals surface area (Å²) in [6.07, 6.45) is 0. The first kappa shape index (κ1) is 12.5. The van der Waals surface area contributed by atoms with E-state index in [0.29, 0.717) is 5.39 Å². The van der Waals surface area contributed by atoms with Crippen LogP contribution >= 0.6 is 0 Å². The van der Waals surface area contributed by atoms with Gasteiger partial charge in [0.15, 0.2) is 0 Å². The van der Waals surface area contributed by atoms with Crippen molar-refractivity contribution in [2.45, 2.75) is 26.3 Å². The molecule has 1 heterocycles. The molecule has 0 aliphatic rings. The Hall–Kier alpha value is -1.97. The molecule has 0 spiro atoms. The molecule has 0 saturated carbocycles. The number of carbonyl (C=O) groups excluding carboxylic acids is 1. The van der Waals surface area contributed by atoms with Gasteiger partial charge in [-0.3, -0.25) is 4.79 Å². The minimum absolute atomic E-state index is 0.221. The third-order valence-corrected chi connectivity index (χ3v) is 2.39. The van der Waals surface area contributed by atoms with Crippen LogP contribution in [0.4, 0.5) is 4.39 Å². The average Bonchev–Trinajstić information content (AvgIpc) is 2.27. The molecule has 0 bridgehead atoms. The first-order valence-corrected chi connectivity index (χ1v) is 5.75. The Kier molecular flexibility index (Phi) is 3.03. The van der Waals surface area contributed by atoms with Crippen LogP contribution in [0.25, 0.3) is 10.9 Å². The Morgan fingerprint density at radius 2 is 1.94 bits per heavy atom. The Morgan fingerprint density at radius 3 is 2.61 bits per heavy atom. The molecule has 2 rings (SSSR count). The third-order valence-electron chi connectivity index (χ3n) is 2.39. The van der Waals surface area contributed by atoms with Gasteiger partial charge in [-0.25, -0.2) is 9.37 Å². The van der Waals surface area contributed by atoms with Crippen LogP contribution < -0.4 is 5.32 Å². The molecule has 0 aliphatic carbocycles. The fraction of sp³-hybridized carbons (Fsp3) is 0.286. The number of halogens is 1. The maximum absolute atomic E-state index is 13.6. The van der Waals surface area contributed by atoms with Crippen LogP contribution in [0.3, 0.4) is 0 Å². The van der Waals surface area contributed by atoms with Crippen LogP contribution in [-0.2, 0) is 0 Å². The number of rotatable bonds is 1. The molecule has 18 heavy (non-hydrogen) atoms. The summed E-state index contributed by atoms with van der Waals surface area (Å²) in [6.45, 7) is 5.64. The van der Waals surface area contributed by atoms with Crippen LogP contribution in [-0.4, -0.2) is 16.4 Å². The second kappa shape index (κ2) is 4.37. The zero-order valence-corrected chi connectivity index (χ0v) is 10.6. The Labute approximate surface area is 105 Å². The highest BCUT2D eigenvalue weighted by Crippen LogP contribution is 2.16. The summed E-state index contributed by atoms with van der Waals surface area (Å²) in [4.78, 5) is 16.0. The van der Waals surface area contributed by atoms with Crippen molar-refractivity contribution < 1.29 is 9.18 Å². The van der Waals surface area contributed by atoms with Crippen LogP contribution in [0, 0.1) is 5.82 Å². The normalized spacial score (nSPS) is 11.6. The lowest BCUT2D eigenvalue weighted by Crippen LogP contribution is -2.40. The number of carbonyl (C=O) groups is 1. The molecule has 0 radical (unpaired) electrons. The van der Waals surface area contributed by atoms with Gasteiger partial charge in [0.2, 0.25) is 0 Å². The van der Waals surface area contributed by atoms with Gasteiger partial charge in [-0.2, -0.15) is 0 Å². The molecule has 0 fully saturated rings. The second-order valence-corrected chi connectivity index (χ2v) is 5.21. The summed E-state index contributed by atoms with van der Waals surface area (Å²) in [5.74, 6) is -0.717. The van der Waals surface area contributed by atoms with E-state index in [4.69, 9.17) is 0 Å². The number of amides is 1. The monoisotopic (exact) mass is 246 g/mol. The number of nitrogens with one attached hydrogen (secondary N) is 1. The molecule has 94 valence electrons. The Balaban J connectivity index is 2.41. The highest BCUT2D eigenvalue weighted by atomic mass is 19.1. The summed E-state index contributed by atoms with van der Waals surface area (Å²) in [5, 5.41) is 3.48. The summed E-state index contributed by atoms with van der Waals surface area (Å²) < 4.78 is 13.6. The molecule has 1 amide bonds. The number of aromatic nitrogens is 1. The van der Waals surface area contributed by atoms with Gasteiger partial charge in [0.25, 0.3) is 5.91 Å². The van der Waals surface area contributed by atoms with Crippen molar-refractivity contribution in [3.8, 4) is 0 Å². The predicted molar refractivity (Wildman–Crippen MR) is 68.9 cm³/mol. The quantitative estimate of drug-likeness (QED) is 0.840. The van der Waals surface area contributed by atoms with Gasteiger partial charge in [-0.1, -0.05) is 18.2 Å². The predicted octanol–water partition coefficient (Wildman–Crippen LogP) is 2.90. The number of pyridine rings is 1. The Bertz CT molecular complexity index is 602. The molecular formula is C14H15FN2O. The lowest BCUT2D eigenvalue weighted by atomic mass is 10.1. The molecule has 0 saturated heterocycles. The first-order valence-electron chi connectivity index (χ1n) is 5.75. The largest absolute Gasteiger partial charge is 0.346 e. The summed E-state index contributed by atoms with van der Waals surface area (Å²) in [7, 11) is 0. The molecule has 0 atom stereocenters. The maximum Gasteiger partial charge on any atom is 0.270 e. The van der Waals surface area contributed by atoms with E-state index in [9.17, 15) is 9.18 Å². The van der Waals surface area contributed by atoms with Crippen molar-refractivity contribution in [1.82, 2.24) is 10.3 Å². The van der Waals surface area contributed by atoms with E-state index in [2.05, 4.69) is 10.3 Å². The van der Waals surface area contributed by atoms with Gasteiger partial charge in [0.05, 0.1) is 0 Å². The molecule has 1 aromatic heterocycles. The molecular weight excluding hydrogens is 231 g/mol. The van der Waals surface area contributed by atoms with E-state index in [-0.39, 0.29) is 22.7 Å². The molecule has 2 aromatic rings. The van der Waals surface area contributed by atoms with Gasteiger partial charge < -0.3 is 5.32 Å². The van der Waals surface area contributed by atoms with E-state index in [1.807, 2.05) is 20.8 Å². The molecule has 0 aliphatic heterocycles. The van der Waals surface area contributed by atoms with E-state index in [0.717, 1.165) is 0 Å². The number of para-hydroxylation sites is 1. The molecule has 3 nitrogen and oxygen atoms in total. The van der Waals surface area contributed by atoms with Crippen LogP contribution in [0.2, 0.25) is 0 Å². The highest BCUT2D eigenvalue weighted by Gasteiger charge is 2.16. The zero-order chi connectivity index (χ0) is 13.3. The number of benzene rings is 1. The smallest absolute Gasteiger partial charge is 0.270 e. The fourth-order valence-electron chi connectivity index (χ4n) is 1.64.